The van der Waals surface area contributed by atoms with Gasteiger partial charge in [-0.15, -0.1) is 0 Å². The molecule has 5 heteroatoms. The summed E-state index contributed by atoms with van der Waals surface area (Å²) in [6.45, 7) is 6.07. The van der Waals surface area contributed by atoms with Crippen LogP contribution < -0.4 is 5.32 Å². The van der Waals surface area contributed by atoms with Crippen LogP contribution in [0, 0.1) is 0 Å². The fraction of sp³-hybridized carbons (Fsp3) is 0.263. The highest BCUT2D eigenvalue weighted by Gasteiger charge is 2.13. The summed E-state index contributed by atoms with van der Waals surface area (Å²) < 4.78 is 4.92. The zero-order chi connectivity index (χ0) is 17.6. The first-order valence-corrected chi connectivity index (χ1v) is 8.56. The van der Waals surface area contributed by atoms with Crippen molar-refractivity contribution in [1.82, 2.24) is 0 Å². The summed E-state index contributed by atoms with van der Waals surface area (Å²) in [7, 11) is 0. The Morgan fingerprint density at radius 3 is 2.46 bits per heavy atom. The van der Waals surface area contributed by atoms with Crippen molar-refractivity contribution in [2.45, 2.75) is 26.2 Å². The van der Waals surface area contributed by atoms with Gasteiger partial charge in [0.15, 0.2) is 6.61 Å². The summed E-state index contributed by atoms with van der Waals surface area (Å²) in [6, 6.07) is 9.53. The van der Waals surface area contributed by atoms with Gasteiger partial charge in [0.05, 0.1) is 0 Å². The van der Waals surface area contributed by atoms with Gasteiger partial charge in [0.2, 0.25) is 0 Å². The molecule has 0 aliphatic carbocycles. The van der Waals surface area contributed by atoms with Crippen molar-refractivity contribution in [3.8, 4) is 0 Å². The Labute approximate surface area is 146 Å². The number of carbonyl (C=O) groups is 2. The van der Waals surface area contributed by atoms with Crippen LogP contribution in [-0.2, 0) is 19.7 Å². The number of esters is 1. The first kappa shape index (κ1) is 17.9. The Morgan fingerprint density at radius 1 is 1.17 bits per heavy atom. The molecule has 0 saturated heterocycles. The molecule has 2 rings (SSSR count). The van der Waals surface area contributed by atoms with Gasteiger partial charge in [-0.3, -0.25) is 4.79 Å². The van der Waals surface area contributed by atoms with Crippen LogP contribution in [0.25, 0.3) is 6.08 Å². The molecule has 24 heavy (non-hydrogen) atoms. The average Bonchev–Trinajstić information content (AvgIpc) is 3.04. The third kappa shape index (κ3) is 5.66. The van der Waals surface area contributed by atoms with E-state index < -0.39 is 5.97 Å². The minimum atomic E-state index is -0.542. The summed E-state index contributed by atoms with van der Waals surface area (Å²) in [5.41, 5.74) is 2.86. The van der Waals surface area contributed by atoms with E-state index in [2.05, 4.69) is 26.1 Å². The normalized spacial score (nSPS) is 11.5. The summed E-state index contributed by atoms with van der Waals surface area (Å²) in [4.78, 5) is 23.4. The van der Waals surface area contributed by atoms with Crippen LogP contribution in [0.3, 0.4) is 0 Å². The smallest absolute Gasteiger partial charge is 0.331 e. The number of nitrogens with one attached hydrogen (secondary N) is 1. The van der Waals surface area contributed by atoms with E-state index in [1.807, 2.05) is 41.1 Å². The second kappa shape index (κ2) is 7.93. The number of carbonyl (C=O) groups excluding carboxylic acids is 2. The summed E-state index contributed by atoms with van der Waals surface area (Å²) in [6.07, 6.45) is 2.97. The minimum Gasteiger partial charge on any atom is -0.452 e. The van der Waals surface area contributed by atoms with E-state index in [4.69, 9.17) is 4.74 Å². The lowest BCUT2D eigenvalue weighted by atomic mass is 9.87. The third-order valence-corrected chi connectivity index (χ3v) is 4.04. The van der Waals surface area contributed by atoms with Crippen LogP contribution in [0.1, 0.15) is 31.9 Å². The van der Waals surface area contributed by atoms with E-state index in [1.165, 1.54) is 11.6 Å². The van der Waals surface area contributed by atoms with Gasteiger partial charge < -0.3 is 10.1 Å². The van der Waals surface area contributed by atoms with Crippen molar-refractivity contribution < 1.29 is 14.3 Å². The van der Waals surface area contributed by atoms with E-state index in [1.54, 1.807) is 17.4 Å². The Balaban J connectivity index is 1.79. The second-order valence-electron chi connectivity index (χ2n) is 6.37. The zero-order valence-corrected chi connectivity index (χ0v) is 14.9. The van der Waals surface area contributed by atoms with Gasteiger partial charge in [0.25, 0.3) is 5.91 Å². The number of amides is 1. The van der Waals surface area contributed by atoms with Crippen molar-refractivity contribution in [1.29, 1.82) is 0 Å². The lowest BCUT2D eigenvalue weighted by Gasteiger charge is -2.19. The number of benzene rings is 1. The quantitative estimate of drug-likeness (QED) is 0.652. The molecule has 0 atom stereocenters. The molecule has 1 heterocycles. The zero-order valence-electron chi connectivity index (χ0n) is 14.0. The standard InChI is InChI=1S/C19H21NO3S/c1-19(2,3)15-5-7-16(8-6-15)20-17(21)12-23-18(22)9-4-14-10-11-24-13-14/h4-11,13H,12H2,1-3H3,(H,20,21)/b9-4+. The molecular formula is C19H21NO3S. The Kier molecular flexibility index (Phi) is 5.93. The third-order valence-electron chi connectivity index (χ3n) is 3.34. The molecule has 4 nitrogen and oxygen atoms in total. The lowest BCUT2D eigenvalue weighted by molar-refractivity contribution is -0.142. The highest BCUT2D eigenvalue weighted by atomic mass is 32.1. The highest BCUT2D eigenvalue weighted by Crippen LogP contribution is 2.23. The molecule has 126 valence electrons. The molecule has 1 amide bonds. The molecule has 0 aliphatic heterocycles. The van der Waals surface area contributed by atoms with E-state index in [-0.39, 0.29) is 17.9 Å². The van der Waals surface area contributed by atoms with Gasteiger partial charge in [0.1, 0.15) is 0 Å². The molecule has 0 aliphatic rings. The van der Waals surface area contributed by atoms with Crippen LogP contribution in [0.2, 0.25) is 0 Å². The number of ether oxygens (including phenoxy) is 1. The molecule has 0 saturated carbocycles. The second-order valence-corrected chi connectivity index (χ2v) is 7.15. The summed E-state index contributed by atoms with van der Waals surface area (Å²) >= 11 is 1.55. The van der Waals surface area contributed by atoms with Crippen LogP contribution in [0.15, 0.2) is 47.2 Å². The van der Waals surface area contributed by atoms with Crippen LogP contribution in [0.5, 0.6) is 0 Å². The number of hydrogen-bond acceptors (Lipinski definition) is 4. The fourth-order valence-corrected chi connectivity index (χ4v) is 2.60. The molecular weight excluding hydrogens is 322 g/mol. The SMILES string of the molecule is CC(C)(C)c1ccc(NC(=O)COC(=O)/C=C/c2ccsc2)cc1. The Morgan fingerprint density at radius 2 is 1.88 bits per heavy atom. The van der Waals surface area contributed by atoms with E-state index in [0.29, 0.717) is 5.69 Å². The predicted octanol–water partition coefficient (Wildman–Crippen LogP) is 4.24. The number of rotatable bonds is 5. The van der Waals surface area contributed by atoms with Crippen molar-refractivity contribution in [2.24, 2.45) is 0 Å². The first-order chi connectivity index (χ1) is 11.3. The Hall–Kier alpha value is -2.40. The van der Waals surface area contributed by atoms with Gasteiger partial charge in [-0.25, -0.2) is 4.79 Å². The first-order valence-electron chi connectivity index (χ1n) is 7.62. The maximum absolute atomic E-state index is 11.8. The fourth-order valence-electron chi connectivity index (χ4n) is 1.97. The number of hydrogen-bond donors (Lipinski definition) is 1. The molecule has 0 radical (unpaired) electrons. The van der Waals surface area contributed by atoms with Gasteiger partial charge in [-0.05, 0) is 51.6 Å². The minimum absolute atomic E-state index is 0.0624. The maximum atomic E-state index is 11.8. The average molecular weight is 343 g/mol. The van der Waals surface area contributed by atoms with Crippen molar-refractivity contribution in [3.05, 3.63) is 58.3 Å². The van der Waals surface area contributed by atoms with Crippen LogP contribution >= 0.6 is 11.3 Å². The Bertz CT molecular complexity index is 710. The van der Waals surface area contributed by atoms with E-state index in [9.17, 15) is 9.59 Å². The molecule has 0 fully saturated rings. The number of thiophene rings is 1. The summed E-state index contributed by atoms with van der Waals surface area (Å²) in [5, 5.41) is 6.54. The van der Waals surface area contributed by atoms with Crippen molar-refractivity contribution in [3.63, 3.8) is 0 Å². The predicted molar refractivity (Wildman–Crippen MR) is 98.1 cm³/mol. The number of anilines is 1. The van der Waals surface area contributed by atoms with Gasteiger partial charge >= 0.3 is 5.97 Å². The molecule has 0 spiro atoms. The van der Waals surface area contributed by atoms with Gasteiger partial charge in [-0.2, -0.15) is 11.3 Å². The van der Waals surface area contributed by atoms with Crippen molar-refractivity contribution in [2.75, 3.05) is 11.9 Å². The van der Waals surface area contributed by atoms with Crippen molar-refractivity contribution >= 4 is 35.0 Å². The van der Waals surface area contributed by atoms with E-state index >= 15 is 0 Å². The van der Waals surface area contributed by atoms with Crippen LogP contribution in [-0.4, -0.2) is 18.5 Å². The lowest BCUT2D eigenvalue weighted by Crippen LogP contribution is -2.20. The molecule has 0 unspecified atom stereocenters. The van der Waals surface area contributed by atoms with Gasteiger partial charge in [-0.1, -0.05) is 32.9 Å². The van der Waals surface area contributed by atoms with E-state index in [0.717, 1.165) is 5.56 Å². The van der Waals surface area contributed by atoms with Gasteiger partial charge in [0, 0.05) is 11.8 Å². The molecule has 2 aromatic rings. The molecule has 0 bridgehead atoms. The molecule has 1 aromatic heterocycles. The highest BCUT2D eigenvalue weighted by molar-refractivity contribution is 7.08. The topological polar surface area (TPSA) is 55.4 Å². The van der Waals surface area contributed by atoms with Crippen LogP contribution in [0.4, 0.5) is 5.69 Å². The molecule has 1 N–H and O–H groups in total. The summed E-state index contributed by atoms with van der Waals surface area (Å²) in [5.74, 6) is -0.907. The molecule has 1 aromatic carbocycles. The largest absolute Gasteiger partial charge is 0.452 e. The monoisotopic (exact) mass is 343 g/mol. The maximum Gasteiger partial charge on any atom is 0.331 e.